The Kier molecular flexibility index (Phi) is 7.62. The van der Waals surface area contributed by atoms with Gasteiger partial charge in [0.25, 0.3) is 5.91 Å². The van der Waals surface area contributed by atoms with Crippen molar-refractivity contribution in [3.8, 4) is 0 Å². The Labute approximate surface area is 156 Å². The van der Waals surface area contributed by atoms with Crippen LogP contribution >= 0.6 is 0 Å². The molecule has 4 atom stereocenters. The quantitative estimate of drug-likeness (QED) is 0.663. The molecule has 1 aromatic carbocycles. The van der Waals surface area contributed by atoms with Crippen molar-refractivity contribution in [3.05, 3.63) is 35.9 Å². The molecule has 0 unspecified atom stereocenters. The largest absolute Gasteiger partial charge is 0.394 e. The van der Waals surface area contributed by atoms with Gasteiger partial charge in [0.15, 0.2) is 0 Å². The van der Waals surface area contributed by atoms with Crippen LogP contribution in [-0.2, 0) is 9.53 Å². The number of nitrogens with one attached hydrogen (secondary N) is 1. The summed E-state index contributed by atoms with van der Waals surface area (Å²) in [6, 6.07) is 9.62. The zero-order valence-electron chi connectivity index (χ0n) is 16.1. The van der Waals surface area contributed by atoms with Crippen molar-refractivity contribution in [2.24, 2.45) is 17.8 Å². The topological polar surface area (TPSA) is 78.8 Å². The van der Waals surface area contributed by atoms with Crippen molar-refractivity contribution in [2.75, 3.05) is 19.8 Å². The van der Waals surface area contributed by atoms with Crippen LogP contribution in [0, 0.1) is 17.8 Å². The SMILES string of the molecule is CC(C)[C@@H]1CC[C@@H](C)C[C@@]1(O)C(=O)NC[C@@H](OCCO)c1ccccc1. The van der Waals surface area contributed by atoms with E-state index in [4.69, 9.17) is 9.84 Å². The molecule has 3 N–H and O–H groups in total. The van der Waals surface area contributed by atoms with E-state index in [0.29, 0.717) is 12.3 Å². The van der Waals surface area contributed by atoms with Crippen LogP contribution in [0.4, 0.5) is 0 Å². The van der Waals surface area contributed by atoms with Gasteiger partial charge in [0, 0.05) is 6.54 Å². The maximum atomic E-state index is 12.9. The number of aliphatic hydroxyl groups excluding tert-OH is 1. The monoisotopic (exact) mass is 363 g/mol. The smallest absolute Gasteiger partial charge is 0.252 e. The number of aliphatic hydroxyl groups is 2. The predicted octanol–water partition coefficient (Wildman–Crippen LogP) is 2.68. The molecule has 5 nitrogen and oxygen atoms in total. The molecule has 0 bridgehead atoms. The highest BCUT2D eigenvalue weighted by atomic mass is 16.5. The first-order chi connectivity index (χ1) is 12.4. The van der Waals surface area contributed by atoms with Gasteiger partial charge < -0.3 is 20.3 Å². The fourth-order valence-electron chi connectivity index (χ4n) is 4.11. The zero-order valence-corrected chi connectivity index (χ0v) is 16.1. The van der Waals surface area contributed by atoms with Gasteiger partial charge in [-0.3, -0.25) is 4.79 Å². The summed E-state index contributed by atoms with van der Waals surface area (Å²) in [5, 5.41) is 23.2. The molecule has 26 heavy (non-hydrogen) atoms. The van der Waals surface area contributed by atoms with E-state index in [1.807, 2.05) is 30.3 Å². The Hall–Kier alpha value is -1.43. The Balaban J connectivity index is 2.07. The van der Waals surface area contributed by atoms with Crippen molar-refractivity contribution in [2.45, 2.75) is 51.7 Å². The molecule has 0 radical (unpaired) electrons. The molecule has 1 aliphatic rings. The van der Waals surface area contributed by atoms with Gasteiger partial charge in [0.1, 0.15) is 5.60 Å². The first kappa shape index (κ1) is 20.9. The van der Waals surface area contributed by atoms with E-state index in [0.717, 1.165) is 18.4 Å². The van der Waals surface area contributed by atoms with Crippen molar-refractivity contribution in [1.29, 1.82) is 0 Å². The van der Waals surface area contributed by atoms with E-state index in [1.165, 1.54) is 0 Å². The van der Waals surface area contributed by atoms with Gasteiger partial charge in [-0.05, 0) is 36.2 Å². The second-order valence-corrected chi connectivity index (χ2v) is 7.87. The van der Waals surface area contributed by atoms with E-state index in [2.05, 4.69) is 26.1 Å². The third kappa shape index (κ3) is 5.06. The summed E-state index contributed by atoms with van der Waals surface area (Å²) in [5.41, 5.74) is -0.394. The maximum absolute atomic E-state index is 12.9. The number of hydrogen-bond acceptors (Lipinski definition) is 4. The van der Waals surface area contributed by atoms with Crippen LogP contribution in [-0.4, -0.2) is 41.5 Å². The molecule has 146 valence electrons. The Morgan fingerprint density at radius 1 is 1.31 bits per heavy atom. The number of carbonyl (C=O) groups is 1. The van der Waals surface area contributed by atoms with Gasteiger partial charge in [0.05, 0.1) is 19.3 Å². The van der Waals surface area contributed by atoms with E-state index < -0.39 is 5.60 Å². The second kappa shape index (κ2) is 9.49. The molecule has 1 saturated carbocycles. The number of ether oxygens (including phenoxy) is 1. The Bertz CT molecular complexity index is 562. The van der Waals surface area contributed by atoms with E-state index in [9.17, 15) is 9.90 Å². The molecule has 0 heterocycles. The zero-order chi connectivity index (χ0) is 19.2. The number of hydrogen-bond donors (Lipinski definition) is 3. The minimum absolute atomic E-state index is 0.0350. The minimum Gasteiger partial charge on any atom is -0.394 e. The summed E-state index contributed by atoms with van der Waals surface area (Å²) >= 11 is 0. The third-order valence-electron chi connectivity index (χ3n) is 5.47. The van der Waals surface area contributed by atoms with Crippen LogP contribution in [0.2, 0.25) is 0 Å². The van der Waals surface area contributed by atoms with Gasteiger partial charge in [-0.2, -0.15) is 0 Å². The standard InChI is InChI=1S/C21H33NO4/c1-15(2)18-10-9-16(3)13-21(18,25)20(24)22-14-19(26-12-11-23)17-7-5-4-6-8-17/h4-8,15-16,18-19,23,25H,9-14H2,1-3H3,(H,22,24)/t16-,18+,19-,21+/m1/s1. The lowest BCUT2D eigenvalue weighted by Crippen LogP contribution is -2.56. The average molecular weight is 363 g/mol. The summed E-state index contributed by atoms with van der Waals surface area (Å²) < 4.78 is 5.70. The van der Waals surface area contributed by atoms with Gasteiger partial charge >= 0.3 is 0 Å². The van der Waals surface area contributed by atoms with Gasteiger partial charge in [0.2, 0.25) is 0 Å². The van der Waals surface area contributed by atoms with Gasteiger partial charge in [-0.1, -0.05) is 57.5 Å². The highest BCUT2D eigenvalue weighted by Crippen LogP contribution is 2.41. The number of benzene rings is 1. The van der Waals surface area contributed by atoms with Crippen molar-refractivity contribution < 1.29 is 19.7 Å². The number of amides is 1. The average Bonchev–Trinajstić information content (AvgIpc) is 2.61. The van der Waals surface area contributed by atoms with E-state index >= 15 is 0 Å². The minimum atomic E-state index is -1.33. The van der Waals surface area contributed by atoms with Crippen LogP contribution in [0.3, 0.4) is 0 Å². The molecule has 2 rings (SSSR count). The Morgan fingerprint density at radius 3 is 2.62 bits per heavy atom. The fraction of sp³-hybridized carbons (Fsp3) is 0.667. The summed E-state index contributed by atoms with van der Waals surface area (Å²) in [5.74, 6) is 0.230. The molecule has 0 aromatic heterocycles. The lowest BCUT2D eigenvalue weighted by Gasteiger charge is -2.43. The normalized spacial score (nSPS) is 27.3. The highest BCUT2D eigenvalue weighted by molar-refractivity contribution is 5.85. The van der Waals surface area contributed by atoms with E-state index in [1.54, 1.807) is 0 Å². The molecule has 1 fully saturated rings. The molecule has 0 aliphatic heterocycles. The van der Waals surface area contributed by atoms with Crippen molar-refractivity contribution >= 4 is 5.91 Å². The molecule has 1 aromatic rings. The highest BCUT2D eigenvalue weighted by Gasteiger charge is 2.48. The lowest BCUT2D eigenvalue weighted by molar-refractivity contribution is -0.156. The third-order valence-corrected chi connectivity index (χ3v) is 5.47. The predicted molar refractivity (Wildman–Crippen MR) is 102 cm³/mol. The molecule has 1 aliphatic carbocycles. The number of rotatable bonds is 8. The fourth-order valence-corrected chi connectivity index (χ4v) is 4.11. The molecular weight excluding hydrogens is 330 g/mol. The molecular formula is C21H33NO4. The molecule has 5 heteroatoms. The van der Waals surface area contributed by atoms with Crippen molar-refractivity contribution in [1.82, 2.24) is 5.32 Å². The summed E-state index contributed by atoms with van der Waals surface area (Å²) in [6.07, 6.45) is 2.06. The maximum Gasteiger partial charge on any atom is 0.252 e. The van der Waals surface area contributed by atoms with Crippen LogP contribution in [0.1, 0.15) is 51.7 Å². The molecule has 0 spiro atoms. The summed E-state index contributed by atoms with van der Waals surface area (Å²) in [7, 11) is 0. The Morgan fingerprint density at radius 2 is 2.00 bits per heavy atom. The van der Waals surface area contributed by atoms with Gasteiger partial charge in [-0.25, -0.2) is 0 Å². The first-order valence-corrected chi connectivity index (χ1v) is 9.66. The lowest BCUT2D eigenvalue weighted by atomic mass is 9.66. The van der Waals surface area contributed by atoms with Crippen LogP contribution in [0.5, 0.6) is 0 Å². The summed E-state index contributed by atoms with van der Waals surface area (Å²) in [4.78, 5) is 12.9. The van der Waals surface area contributed by atoms with Gasteiger partial charge in [-0.15, -0.1) is 0 Å². The first-order valence-electron chi connectivity index (χ1n) is 9.66. The van der Waals surface area contributed by atoms with Crippen LogP contribution < -0.4 is 5.32 Å². The van der Waals surface area contributed by atoms with Crippen LogP contribution in [0.25, 0.3) is 0 Å². The molecule has 1 amide bonds. The van der Waals surface area contributed by atoms with E-state index in [-0.39, 0.29) is 43.6 Å². The second-order valence-electron chi connectivity index (χ2n) is 7.87. The summed E-state index contributed by atoms with van der Waals surface area (Å²) in [6.45, 7) is 6.61. The van der Waals surface area contributed by atoms with Crippen LogP contribution in [0.15, 0.2) is 30.3 Å². The van der Waals surface area contributed by atoms with Crippen molar-refractivity contribution in [3.63, 3.8) is 0 Å². The number of carbonyl (C=O) groups excluding carboxylic acids is 1. The molecule has 0 saturated heterocycles.